The Morgan fingerprint density at radius 1 is 0.750 bits per heavy atom. The summed E-state index contributed by atoms with van der Waals surface area (Å²) in [5.74, 6) is 0. The lowest BCUT2D eigenvalue weighted by Gasteiger charge is -2.12. The van der Waals surface area contributed by atoms with Crippen LogP contribution in [0, 0.1) is 0 Å². The van der Waals surface area contributed by atoms with Gasteiger partial charge in [-0.15, -0.1) is 0 Å². The largest absolute Gasteiger partial charge is 0.378 e. The highest BCUT2D eigenvalue weighted by Crippen LogP contribution is 2.15. The van der Waals surface area contributed by atoms with E-state index in [9.17, 15) is 0 Å². The van der Waals surface area contributed by atoms with E-state index in [2.05, 4.69) is 73.6 Å². The van der Waals surface area contributed by atoms with Crippen molar-refractivity contribution in [3.05, 3.63) is 65.7 Å². The summed E-state index contributed by atoms with van der Waals surface area (Å²) in [5, 5.41) is 0. The van der Waals surface area contributed by atoms with Gasteiger partial charge in [0.15, 0.2) is 0 Å². The molecule has 0 bridgehead atoms. The molecule has 2 rings (SSSR count). The van der Waals surface area contributed by atoms with Crippen LogP contribution in [0.5, 0.6) is 0 Å². The van der Waals surface area contributed by atoms with Gasteiger partial charge in [0.05, 0.1) is 0 Å². The number of hydrogen-bond donors (Lipinski definition) is 0. The average Bonchev–Trinajstić information content (AvgIpc) is 2.31. The van der Waals surface area contributed by atoms with Crippen LogP contribution < -0.4 is 4.90 Å². The number of rotatable bonds is 3. The van der Waals surface area contributed by atoms with Crippen LogP contribution in [0.25, 0.3) is 0 Å². The molecule has 0 aliphatic heterocycles. The maximum Gasteiger partial charge on any atom is 0.0361 e. The molecule has 2 aromatic rings. The molecule has 0 aliphatic rings. The maximum atomic E-state index is 2.20. The molecular weight excluding hydrogens is 194 g/mol. The summed E-state index contributed by atoms with van der Waals surface area (Å²) in [7, 11) is 4.12. The van der Waals surface area contributed by atoms with E-state index in [0.717, 1.165) is 6.42 Å². The van der Waals surface area contributed by atoms with Gasteiger partial charge in [-0.25, -0.2) is 0 Å². The third-order valence-corrected chi connectivity index (χ3v) is 2.70. The van der Waals surface area contributed by atoms with Crippen LogP contribution in [0.4, 0.5) is 5.69 Å². The zero-order valence-corrected chi connectivity index (χ0v) is 9.85. The lowest BCUT2D eigenvalue weighted by atomic mass is 10.0. The van der Waals surface area contributed by atoms with Crippen molar-refractivity contribution in [2.45, 2.75) is 6.42 Å². The second-order valence-electron chi connectivity index (χ2n) is 4.22. The normalized spacial score (nSPS) is 10.1. The zero-order valence-electron chi connectivity index (χ0n) is 9.85. The molecule has 0 heterocycles. The molecule has 0 saturated carbocycles. The minimum atomic E-state index is 1.01. The molecule has 0 aliphatic carbocycles. The van der Waals surface area contributed by atoms with E-state index in [4.69, 9.17) is 0 Å². The molecule has 0 aromatic heterocycles. The van der Waals surface area contributed by atoms with Gasteiger partial charge in [-0.05, 0) is 29.7 Å². The Bertz CT molecular complexity index is 429. The molecule has 1 nitrogen and oxygen atoms in total. The van der Waals surface area contributed by atoms with Crippen molar-refractivity contribution in [3.8, 4) is 0 Å². The van der Waals surface area contributed by atoms with Gasteiger partial charge in [-0.2, -0.15) is 0 Å². The van der Waals surface area contributed by atoms with Gasteiger partial charge in [0.1, 0.15) is 0 Å². The number of hydrogen-bond acceptors (Lipinski definition) is 1. The Morgan fingerprint density at radius 2 is 1.31 bits per heavy atom. The van der Waals surface area contributed by atoms with Crippen molar-refractivity contribution in [1.82, 2.24) is 0 Å². The fourth-order valence-electron chi connectivity index (χ4n) is 1.74. The van der Waals surface area contributed by atoms with Gasteiger partial charge in [0.2, 0.25) is 0 Å². The van der Waals surface area contributed by atoms with Crippen molar-refractivity contribution in [3.63, 3.8) is 0 Å². The molecule has 0 fully saturated rings. The fourth-order valence-corrected chi connectivity index (χ4v) is 1.74. The summed E-state index contributed by atoms with van der Waals surface area (Å²) < 4.78 is 0. The highest BCUT2D eigenvalue weighted by atomic mass is 15.1. The molecule has 0 radical (unpaired) electrons. The van der Waals surface area contributed by atoms with E-state index in [1.165, 1.54) is 16.8 Å². The van der Waals surface area contributed by atoms with E-state index in [0.29, 0.717) is 0 Å². The van der Waals surface area contributed by atoms with Crippen molar-refractivity contribution in [2.75, 3.05) is 19.0 Å². The molecular formula is C15H17N. The summed E-state index contributed by atoms with van der Waals surface area (Å²) in [6.45, 7) is 0. The Labute approximate surface area is 97.3 Å². The van der Waals surface area contributed by atoms with Crippen molar-refractivity contribution in [2.24, 2.45) is 0 Å². The van der Waals surface area contributed by atoms with Crippen molar-refractivity contribution < 1.29 is 0 Å². The van der Waals surface area contributed by atoms with E-state index in [-0.39, 0.29) is 0 Å². The van der Waals surface area contributed by atoms with Crippen LogP contribution in [0.15, 0.2) is 54.6 Å². The Kier molecular flexibility index (Phi) is 3.25. The maximum absolute atomic E-state index is 2.20. The molecule has 1 heteroatoms. The quantitative estimate of drug-likeness (QED) is 0.752. The Hall–Kier alpha value is -1.76. The standard InChI is InChI=1S/C15H17N/c1-16(2)15-10-8-14(9-11-15)12-13-6-4-3-5-7-13/h3-11H,12H2,1-2H3. The van der Waals surface area contributed by atoms with E-state index in [1.807, 2.05) is 0 Å². The van der Waals surface area contributed by atoms with E-state index < -0.39 is 0 Å². The predicted octanol–water partition coefficient (Wildman–Crippen LogP) is 3.34. The molecule has 0 unspecified atom stereocenters. The monoisotopic (exact) mass is 211 g/mol. The summed E-state index contributed by atoms with van der Waals surface area (Å²) in [4.78, 5) is 2.12. The summed E-state index contributed by atoms with van der Waals surface area (Å²) >= 11 is 0. The molecule has 0 amide bonds. The Balaban J connectivity index is 2.11. The SMILES string of the molecule is CN(C)c1ccc(Cc2ccccc2)cc1. The van der Waals surface area contributed by atoms with Gasteiger partial charge in [-0.1, -0.05) is 42.5 Å². The summed E-state index contributed by atoms with van der Waals surface area (Å²) in [6.07, 6.45) is 1.01. The van der Waals surface area contributed by atoms with Crippen LogP contribution in [0.1, 0.15) is 11.1 Å². The molecule has 0 N–H and O–H groups in total. The van der Waals surface area contributed by atoms with Gasteiger partial charge in [0.25, 0.3) is 0 Å². The number of anilines is 1. The van der Waals surface area contributed by atoms with Crippen LogP contribution in [-0.4, -0.2) is 14.1 Å². The molecule has 0 saturated heterocycles. The first kappa shape index (κ1) is 10.7. The average molecular weight is 211 g/mol. The van der Waals surface area contributed by atoms with Crippen LogP contribution in [0.3, 0.4) is 0 Å². The fraction of sp³-hybridized carbons (Fsp3) is 0.200. The van der Waals surface area contributed by atoms with Gasteiger partial charge >= 0.3 is 0 Å². The predicted molar refractivity (Wildman–Crippen MR) is 70.0 cm³/mol. The molecule has 0 atom stereocenters. The lowest BCUT2D eigenvalue weighted by molar-refractivity contribution is 1.12. The van der Waals surface area contributed by atoms with Crippen molar-refractivity contribution >= 4 is 5.69 Å². The van der Waals surface area contributed by atoms with Gasteiger partial charge < -0.3 is 4.90 Å². The first-order valence-corrected chi connectivity index (χ1v) is 5.56. The van der Waals surface area contributed by atoms with E-state index >= 15 is 0 Å². The molecule has 2 aromatic carbocycles. The Morgan fingerprint density at radius 3 is 1.88 bits per heavy atom. The second-order valence-corrected chi connectivity index (χ2v) is 4.22. The first-order valence-electron chi connectivity index (χ1n) is 5.56. The number of benzene rings is 2. The third kappa shape index (κ3) is 2.63. The molecule has 0 spiro atoms. The summed E-state index contributed by atoms with van der Waals surface area (Å²) in [6, 6.07) is 19.3. The topological polar surface area (TPSA) is 3.24 Å². The van der Waals surface area contributed by atoms with Crippen LogP contribution >= 0.6 is 0 Å². The van der Waals surface area contributed by atoms with E-state index in [1.54, 1.807) is 0 Å². The molecule has 82 valence electrons. The van der Waals surface area contributed by atoms with Gasteiger partial charge in [-0.3, -0.25) is 0 Å². The zero-order chi connectivity index (χ0) is 11.4. The first-order chi connectivity index (χ1) is 7.75. The number of nitrogens with zero attached hydrogens (tertiary/aromatic N) is 1. The minimum absolute atomic E-state index is 1.01. The van der Waals surface area contributed by atoms with Crippen LogP contribution in [-0.2, 0) is 6.42 Å². The highest BCUT2D eigenvalue weighted by Gasteiger charge is 1.97. The smallest absolute Gasteiger partial charge is 0.0361 e. The third-order valence-electron chi connectivity index (χ3n) is 2.70. The minimum Gasteiger partial charge on any atom is -0.378 e. The summed E-state index contributed by atoms with van der Waals surface area (Å²) in [5.41, 5.74) is 3.97. The van der Waals surface area contributed by atoms with Crippen molar-refractivity contribution in [1.29, 1.82) is 0 Å². The lowest BCUT2D eigenvalue weighted by Crippen LogP contribution is -2.08. The highest BCUT2D eigenvalue weighted by molar-refractivity contribution is 5.46. The van der Waals surface area contributed by atoms with Gasteiger partial charge in [0, 0.05) is 19.8 Å². The van der Waals surface area contributed by atoms with Crippen LogP contribution in [0.2, 0.25) is 0 Å². The second kappa shape index (κ2) is 4.84. The molecule has 16 heavy (non-hydrogen) atoms.